The third-order valence-electron chi connectivity index (χ3n) is 2.63. The van der Waals surface area contributed by atoms with Gasteiger partial charge in [0.05, 0.1) is 6.10 Å². The average molecular weight is 180 g/mol. The Bertz CT molecular complexity index is 245. The predicted molar refractivity (Wildman–Crippen MR) is 51.5 cm³/mol. The first kappa shape index (κ1) is 8.78. The molecule has 0 bridgehead atoms. The van der Waals surface area contributed by atoms with Gasteiger partial charge in [-0.15, -0.1) is 0 Å². The molecular formula is C10H16N2O. The van der Waals surface area contributed by atoms with Crippen LogP contribution in [0.25, 0.3) is 0 Å². The molecular weight excluding hydrogens is 164 g/mol. The molecule has 1 aliphatic rings. The second-order valence-corrected chi connectivity index (χ2v) is 3.60. The highest BCUT2D eigenvalue weighted by molar-refractivity contribution is 5.08. The van der Waals surface area contributed by atoms with E-state index >= 15 is 0 Å². The van der Waals surface area contributed by atoms with Gasteiger partial charge in [0, 0.05) is 39.1 Å². The monoisotopic (exact) mass is 180 g/mol. The van der Waals surface area contributed by atoms with Gasteiger partial charge in [-0.05, 0) is 18.1 Å². The van der Waals surface area contributed by atoms with Crippen molar-refractivity contribution in [3.8, 4) is 0 Å². The van der Waals surface area contributed by atoms with Gasteiger partial charge in [0.25, 0.3) is 0 Å². The van der Waals surface area contributed by atoms with E-state index in [4.69, 9.17) is 4.74 Å². The molecule has 1 aromatic rings. The summed E-state index contributed by atoms with van der Waals surface area (Å²) >= 11 is 0. The maximum Gasteiger partial charge on any atom is 0.0710 e. The molecule has 0 amide bonds. The van der Waals surface area contributed by atoms with Crippen LogP contribution in [-0.2, 0) is 11.3 Å². The summed E-state index contributed by atoms with van der Waals surface area (Å²) in [6, 6.07) is 2.13. The molecule has 0 spiro atoms. The van der Waals surface area contributed by atoms with E-state index in [0.29, 0.717) is 6.10 Å². The van der Waals surface area contributed by atoms with E-state index in [0.717, 1.165) is 19.6 Å². The lowest BCUT2D eigenvalue weighted by molar-refractivity contribution is 0.107. The minimum absolute atomic E-state index is 0.443. The largest absolute Gasteiger partial charge is 0.380 e. The van der Waals surface area contributed by atoms with E-state index in [2.05, 4.69) is 22.1 Å². The lowest BCUT2D eigenvalue weighted by Crippen LogP contribution is -2.22. The van der Waals surface area contributed by atoms with Crippen LogP contribution in [0.3, 0.4) is 0 Å². The van der Waals surface area contributed by atoms with Crippen LogP contribution in [0, 0.1) is 0 Å². The van der Waals surface area contributed by atoms with E-state index in [1.54, 1.807) is 7.11 Å². The zero-order valence-corrected chi connectivity index (χ0v) is 7.99. The van der Waals surface area contributed by atoms with Crippen molar-refractivity contribution < 1.29 is 4.74 Å². The van der Waals surface area contributed by atoms with Crippen LogP contribution in [-0.4, -0.2) is 36.2 Å². The normalized spacial score (nSPS) is 23.9. The third-order valence-corrected chi connectivity index (χ3v) is 2.63. The number of ether oxygens (including phenoxy) is 1. The molecule has 2 heterocycles. The van der Waals surface area contributed by atoms with Gasteiger partial charge >= 0.3 is 0 Å². The van der Waals surface area contributed by atoms with Crippen molar-refractivity contribution in [1.29, 1.82) is 0 Å². The van der Waals surface area contributed by atoms with Crippen molar-refractivity contribution >= 4 is 0 Å². The molecule has 72 valence electrons. The van der Waals surface area contributed by atoms with Crippen molar-refractivity contribution in [2.24, 2.45) is 0 Å². The summed E-state index contributed by atoms with van der Waals surface area (Å²) in [5.74, 6) is 0. The zero-order valence-electron chi connectivity index (χ0n) is 7.99. The number of rotatable bonds is 3. The molecule has 0 saturated carbocycles. The van der Waals surface area contributed by atoms with Gasteiger partial charge < -0.3 is 9.72 Å². The number of H-pyrrole nitrogens is 1. The van der Waals surface area contributed by atoms with Gasteiger partial charge in [-0.3, -0.25) is 4.90 Å². The fourth-order valence-electron chi connectivity index (χ4n) is 1.85. The predicted octanol–water partition coefficient (Wildman–Crippen LogP) is 1.24. The summed E-state index contributed by atoms with van der Waals surface area (Å²) in [6.07, 6.45) is 5.64. The Morgan fingerprint density at radius 1 is 1.69 bits per heavy atom. The maximum absolute atomic E-state index is 5.31. The molecule has 2 rings (SSSR count). The number of hydrogen-bond acceptors (Lipinski definition) is 2. The molecule has 1 fully saturated rings. The second-order valence-electron chi connectivity index (χ2n) is 3.60. The Labute approximate surface area is 78.7 Å². The first-order valence-corrected chi connectivity index (χ1v) is 4.75. The van der Waals surface area contributed by atoms with Gasteiger partial charge in [-0.2, -0.15) is 0 Å². The SMILES string of the molecule is CO[C@H]1CCN(Cc2cc[nH]c2)C1. The van der Waals surface area contributed by atoms with Crippen molar-refractivity contribution in [2.75, 3.05) is 20.2 Å². The molecule has 0 aromatic carbocycles. The van der Waals surface area contributed by atoms with E-state index in [1.165, 1.54) is 12.0 Å². The quantitative estimate of drug-likeness (QED) is 0.758. The summed E-state index contributed by atoms with van der Waals surface area (Å²) in [6.45, 7) is 3.27. The molecule has 3 nitrogen and oxygen atoms in total. The number of nitrogens with zero attached hydrogens (tertiary/aromatic N) is 1. The maximum atomic E-state index is 5.31. The lowest BCUT2D eigenvalue weighted by atomic mass is 10.3. The first-order chi connectivity index (χ1) is 6.38. The summed E-state index contributed by atoms with van der Waals surface area (Å²) in [4.78, 5) is 5.50. The Hall–Kier alpha value is -0.800. The van der Waals surface area contributed by atoms with E-state index in [9.17, 15) is 0 Å². The van der Waals surface area contributed by atoms with E-state index in [1.807, 2.05) is 6.20 Å². The molecule has 0 unspecified atom stereocenters. The van der Waals surface area contributed by atoms with Crippen LogP contribution in [0.1, 0.15) is 12.0 Å². The summed E-state index contributed by atoms with van der Waals surface area (Å²) in [5, 5.41) is 0. The van der Waals surface area contributed by atoms with Crippen LogP contribution >= 0.6 is 0 Å². The third kappa shape index (κ3) is 2.11. The lowest BCUT2D eigenvalue weighted by Gasteiger charge is -2.14. The highest BCUT2D eigenvalue weighted by atomic mass is 16.5. The molecule has 1 atom stereocenters. The van der Waals surface area contributed by atoms with Crippen molar-refractivity contribution in [3.05, 3.63) is 24.0 Å². The molecule has 0 aliphatic carbocycles. The fraction of sp³-hybridized carbons (Fsp3) is 0.600. The topological polar surface area (TPSA) is 28.3 Å². The van der Waals surface area contributed by atoms with E-state index in [-0.39, 0.29) is 0 Å². The number of likely N-dealkylation sites (tertiary alicyclic amines) is 1. The van der Waals surface area contributed by atoms with Crippen LogP contribution < -0.4 is 0 Å². The Kier molecular flexibility index (Phi) is 2.66. The van der Waals surface area contributed by atoms with Crippen LogP contribution in [0.4, 0.5) is 0 Å². The highest BCUT2D eigenvalue weighted by Crippen LogP contribution is 2.14. The van der Waals surface area contributed by atoms with Crippen LogP contribution in [0.2, 0.25) is 0 Å². The Balaban J connectivity index is 1.84. The minimum Gasteiger partial charge on any atom is -0.380 e. The van der Waals surface area contributed by atoms with Crippen molar-refractivity contribution in [1.82, 2.24) is 9.88 Å². The number of hydrogen-bond donors (Lipinski definition) is 1. The summed E-state index contributed by atoms with van der Waals surface area (Å²) < 4.78 is 5.31. The molecule has 1 N–H and O–H groups in total. The Morgan fingerprint density at radius 2 is 2.62 bits per heavy atom. The Morgan fingerprint density at radius 3 is 3.23 bits per heavy atom. The molecule has 1 aromatic heterocycles. The van der Waals surface area contributed by atoms with Crippen LogP contribution in [0.5, 0.6) is 0 Å². The second kappa shape index (κ2) is 3.94. The molecule has 3 heteroatoms. The minimum atomic E-state index is 0.443. The smallest absolute Gasteiger partial charge is 0.0710 e. The van der Waals surface area contributed by atoms with Gasteiger partial charge in [0.2, 0.25) is 0 Å². The van der Waals surface area contributed by atoms with E-state index < -0.39 is 0 Å². The standard InChI is InChI=1S/C10H16N2O/c1-13-10-3-5-12(8-10)7-9-2-4-11-6-9/h2,4,6,10-11H,3,5,7-8H2,1H3/t10-/m0/s1. The van der Waals surface area contributed by atoms with Crippen molar-refractivity contribution in [3.63, 3.8) is 0 Å². The number of aromatic nitrogens is 1. The highest BCUT2D eigenvalue weighted by Gasteiger charge is 2.21. The molecule has 0 radical (unpaired) electrons. The number of aromatic amines is 1. The fourth-order valence-corrected chi connectivity index (χ4v) is 1.85. The first-order valence-electron chi connectivity index (χ1n) is 4.75. The van der Waals surface area contributed by atoms with Gasteiger partial charge in [0.15, 0.2) is 0 Å². The van der Waals surface area contributed by atoms with Crippen LogP contribution in [0.15, 0.2) is 18.5 Å². The number of nitrogens with one attached hydrogen (secondary N) is 1. The van der Waals surface area contributed by atoms with Crippen molar-refractivity contribution in [2.45, 2.75) is 19.1 Å². The molecule has 1 saturated heterocycles. The summed E-state index contributed by atoms with van der Waals surface area (Å²) in [5.41, 5.74) is 1.36. The van der Waals surface area contributed by atoms with Gasteiger partial charge in [-0.25, -0.2) is 0 Å². The average Bonchev–Trinajstić information content (AvgIpc) is 2.76. The van der Waals surface area contributed by atoms with Gasteiger partial charge in [-0.1, -0.05) is 0 Å². The molecule has 13 heavy (non-hydrogen) atoms. The zero-order chi connectivity index (χ0) is 9.10. The molecule has 1 aliphatic heterocycles. The van der Waals surface area contributed by atoms with Gasteiger partial charge in [0.1, 0.15) is 0 Å². The summed E-state index contributed by atoms with van der Waals surface area (Å²) in [7, 11) is 1.80. The number of methoxy groups -OCH3 is 1.